The summed E-state index contributed by atoms with van der Waals surface area (Å²) in [6, 6.07) is 5.09. The smallest absolute Gasteiger partial charge is 0.225 e. The topological polar surface area (TPSA) is 56.7 Å². The van der Waals surface area contributed by atoms with Gasteiger partial charge in [-0.15, -0.1) is 24.0 Å². The molecule has 1 aromatic rings. The highest BCUT2D eigenvalue weighted by Gasteiger charge is 2.42. The Morgan fingerprint density at radius 3 is 2.74 bits per heavy atom. The number of benzene rings is 1. The SMILES string of the molecule is CN=C(NC1CCN(C(=O)C(C)C)C1)NC1CC1c1c(F)cccc1Cl.I. The average molecular weight is 509 g/mol. The van der Waals surface area contributed by atoms with Gasteiger partial charge in [0.2, 0.25) is 5.91 Å². The maximum Gasteiger partial charge on any atom is 0.225 e. The first kappa shape index (κ1) is 22.2. The van der Waals surface area contributed by atoms with Crippen molar-refractivity contribution < 1.29 is 9.18 Å². The summed E-state index contributed by atoms with van der Waals surface area (Å²) in [5.74, 6) is 0.699. The van der Waals surface area contributed by atoms with Crippen LogP contribution in [0.25, 0.3) is 0 Å². The maximum atomic E-state index is 14.0. The van der Waals surface area contributed by atoms with Crippen molar-refractivity contribution in [1.82, 2.24) is 15.5 Å². The van der Waals surface area contributed by atoms with Crippen LogP contribution in [0.3, 0.4) is 0 Å². The van der Waals surface area contributed by atoms with Gasteiger partial charge in [0.05, 0.1) is 0 Å². The molecule has 1 heterocycles. The summed E-state index contributed by atoms with van der Waals surface area (Å²) >= 11 is 6.16. The van der Waals surface area contributed by atoms with Crippen LogP contribution < -0.4 is 10.6 Å². The zero-order chi connectivity index (χ0) is 18.8. The molecule has 2 N–H and O–H groups in total. The van der Waals surface area contributed by atoms with Gasteiger partial charge >= 0.3 is 0 Å². The molecule has 3 unspecified atom stereocenters. The maximum absolute atomic E-state index is 14.0. The Bertz CT molecular complexity index is 695. The van der Waals surface area contributed by atoms with Crippen molar-refractivity contribution in [3.63, 3.8) is 0 Å². The van der Waals surface area contributed by atoms with E-state index in [2.05, 4.69) is 15.6 Å². The van der Waals surface area contributed by atoms with Gasteiger partial charge in [0, 0.05) is 54.6 Å². The molecule has 8 heteroatoms. The number of guanidine groups is 1. The summed E-state index contributed by atoms with van der Waals surface area (Å²) in [5.41, 5.74) is 0.580. The van der Waals surface area contributed by atoms with Gasteiger partial charge in [-0.1, -0.05) is 31.5 Å². The Morgan fingerprint density at radius 1 is 1.37 bits per heavy atom. The standard InChI is InChI=1S/C19H26ClFN4O.HI/c1-11(2)18(26)25-8-7-12(10-25)23-19(22-3)24-16-9-13(16)17-14(20)5-4-6-15(17)21;/h4-6,11-13,16H,7-10H2,1-3H3,(H2,22,23,24);1H. The van der Waals surface area contributed by atoms with E-state index in [0.717, 1.165) is 19.4 Å². The van der Waals surface area contributed by atoms with E-state index in [1.165, 1.54) is 6.07 Å². The van der Waals surface area contributed by atoms with Gasteiger partial charge in [-0.05, 0) is 25.0 Å². The van der Waals surface area contributed by atoms with Crippen LogP contribution in [0, 0.1) is 11.7 Å². The van der Waals surface area contributed by atoms with E-state index in [1.54, 1.807) is 19.2 Å². The number of nitrogens with one attached hydrogen (secondary N) is 2. The summed E-state index contributed by atoms with van der Waals surface area (Å²) in [6.07, 6.45) is 1.72. The average Bonchev–Trinajstić information content (AvgIpc) is 3.17. The van der Waals surface area contributed by atoms with Gasteiger partial charge in [0.1, 0.15) is 5.82 Å². The third-order valence-electron chi connectivity index (χ3n) is 5.04. The second-order valence-corrected chi connectivity index (χ2v) is 7.78. The first-order valence-electron chi connectivity index (χ1n) is 9.13. The van der Waals surface area contributed by atoms with Crippen LogP contribution in [-0.4, -0.2) is 49.0 Å². The molecule has 150 valence electrons. The van der Waals surface area contributed by atoms with Gasteiger partial charge in [0.15, 0.2) is 5.96 Å². The lowest BCUT2D eigenvalue weighted by atomic mass is 10.1. The lowest BCUT2D eigenvalue weighted by Crippen LogP contribution is -2.46. The lowest BCUT2D eigenvalue weighted by molar-refractivity contribution is -0.133. The van der Waals surface area contributed by atoms with E-state index in [9.17, 15) is 9.18 Å². The molecular weight excluding hydrogens is 482 g/mol. The van der Waals surface area contributed by atoms with Crippen molar-refractivity contribution in [2.75, 3.05) is 20.1 Å². The van der Waals surface area contributed by atoms with E-state index in [1.807, 2.05) is 18.7 Å². The Morgan fingerprint density at radius 2 is 2.11 bits per heavy atom. The fourth-order valence-corrected chi connectivity index (χ4v) is 3.82. The van der Waals surface area contributed by atoms with Crippen LogP contribution in [-0.2, 0) is 4.79 Å². The summed E-state index contributed by atoms with van der Waals surface area (Å²) < 4.78 is 14.0. The molecule has 1 aliphatic carbocycles. The number of aliphatic imine (C=N–C) groups is 1. The Labute approximate surface area is 182 Å². The molecule has 0 aromatic heterocycles. The number of rotatable bonds is 4. The second kappa shape index (κ2) is 9.41. The van der Waals surface area contributed by atoms with Crippen LogP contribution in [0.15, 0.2) is 23.2 Å². The highest BCUT2D eigenvalue weighted by Crippen LogP contribution is 2.44. The van der Waals surface area contributed by atoms with Crippen molar-refractivity contribution in [2.45, 2.75) is 44.7 Å². The minimum Gasteiger partial charge on any atom is -0.353 e. The van der Waals surface area contributed by atoms with Gasteiger partial charge in [-0.3, -0.25) is 9.79 Å². The van der Waals surface area contributed by atoms with E-state index in [0.29, 0.717) is 23.1 Å². The highest BCUT2D eigenvalue weighted by molar-refractivity contribution is 14.0. The molecule has 1 saturated heterocycles. The monoisotopic (exact) mass is 508 g/mol. The summed E-state index contributed by atoms with van der Waals surface area (Å²) in [5, 5.41) is 7.20. The first-order chi connectivity index (χ1) is 12.4. The zero-order valence-electron chi connectivity index (χ0n) is 15.8. The molecule has 1 saturated carbocycles. The third kappa shape index (κ3) is 5.25. The quantitative estimate of drug-likeness (QED) is 0.373. The zero-order valence-corrected chi connectivity index (χ0v) is 18.9. The minimum atomic E-state index is -0.256. The Kier molecular flexibility index (Phi) is 7.73. The largest absolute Gasteiger partial charge is 0.353 e. The van der Waals surface area contributed by atoms with Crippen molar-refractivity contribution in [2.24, 2.45) is 10.9 Å². The van der Waals surface area contributed by atoms with Crippen LogP contribution in [0.1, 0.15) is 38.2 Å². The molecule has 5 nitrogen and oxygen atoms in total. The van der Waals surface area contributed by atoms with Crippen molar-refractivity contribution in [1.29, 1.82) is 0 Å². The molecule has 0 spiro atoms. The lowest BCUT2D eigenvalue weighted by Gasteiger charge is -2.20. The van der Waals surface area contributed by atoms with E-state index in [-0.39, 0.29) is 59.6 Å². The normalized spacial score (nSPS) is 24.6. The number of amides is 1. The fourth-order valence-electron chi connectivity index (χ4n) is 3.52. The van der Waals surface area contributed by atoms with Gasteiger partial charge in [-0.2, -0.15) is 0 Å². The van der Waals surface area contributed by atoms with Crippen molar-refractivity contribution >= 4 is 47.4 Å². The van der Waals surface area contributed by atoms with E-state index in [4.69, 9.17) is 11.6 Å². The predicted molar refractivity (Wildman–Crippen MR) is 117 cm³/mol. The molecule has 0 bridgehead atoms. The summed E-state index contributed by atoms with van der Waals surface area (Å²) in [6.45, 7) is 5.29. The molecule has 0 radical (unpaired) electrons. The number of carbonyl (C=O) groups excluding carboxylic acids is 1. The molecule has 1 amide bonds. The van der Waals surface area contributed by atoms with Crippen molar-refractivity contribution in [3.8, 4) is 0 Å². The molecule has 1 aromatic carbocycles. The number of carbonyl (C=O) groups is 1. The fraction of sp³-hybridized carbons (Fsp3) is 0.579. The van der Waals surface area contributed by atoms with Gasteiger partial charge in [-0.25, -0.2) is 4.39 Å². The molecule has 2 fully saturated rings. The second-order valence-electron chi connectivity index (χ2n) is 7.37. The van der Waals surface area contributed by atoms with Crippen LogP contribution in [0.4, 0.5) is 4.39 Å². The Balaban J connectivity index is 0.00000261. The van der Waals surface area contributed by atoms with Crippen LogP contribution >= 0.6 is 35.6 Å². The van der Waals surface area contributed by atoms with Crippen LogP contribution in [0.2, 0.25) is 5.02 Å². The molecule has 2 aliphatic rings. The summed E-state index contributed by atoms with van der Waals surface area (Å²) in [4.78, 5) is 18.3. The van der Waals surface area contributed by atoms with Crippen LogP contribution in [0.5, 0.6) is 0 Å². The summed E-state index contributed by atoms with van der Waals surface area (Å²) in [7, 11) is 1.72. The number of likely N-dealkylation sites (tertiary alicyclic amines) is 1. The predicted octanol–water partition coefficient (Wildman–Crippen LogP) is 3.37. The molecule has 3 rings (SSSR count). The minimum absolute atomic E-state index is 0. The highest BCUT2D eigenvalue weighted by atomic mass is 127. The third-order valence-corrected chi connectivity index (χ3v) is 5.37. The Hall–Kier alpha value is -1.09. The van der Waals surface area contributed by atoms with Gasteiger partial charge in [0.25, 0.3) is 0 Å². The first-order valence-corrected chi connectivity index (χ1v) is 9.51. The molecule has 27 heavy (non-hydrogen) atoms. The molecule has 1 aliphatic heterocycles. The molecule has 3 atom stereocenters. The van der Waals surface area contributed by atoms with Gasteiger partial charge < -0.3 is 15.5 Å². The number of halogens is 3. The van der Waals surface area contributed by atoms with E-state index >= 15 is 0 Å². The number of hydrogen-bond acceptors (Lipinski definition) is 2. The molecular formula is C19H27ClFIN4O. The van der Waals surface area contributed by atoms with Crippen molar-refractivity contribution in [3.05, 3.63) is 34.6 Å². The number of hydrogen-bond donors (Lipinski definition) is 2. The van der Waals surface area contributed by atoms with E-state index < -0.39 is 0 Å². The number of nitrogens with zero attached hydrogens (tertiary/aromatic N) is 2.